The van der Waals surface area contributed by atoms with Gasteiger partial charge in [-0.3, -0.25) is 0 Å². The van der Waals surface area contributed by atoms with Crippen molar-refractivity contribution >= 4 is 27.5 Å². The highest BCUT2D eigenvalue weighted by atomic mass is 79.9. The standard InChI is InChI=1S/C15H16BrClN2O/c1-3-11(20-4-2)15-18-13(12(16)14(17)19-15)10-8-6-5-7-9-10/h5-9,11H,3-4H2,1-2H3. The quantitative estimate of drug-likeness (QED) is 0.704. The molecule has 0 amide bonds. The van der Waals surface area contributed by atoms with Gasteiger partial charge in [-0.15, -0.1) is 0 Å². The number of ether oxygens (including phenoxy) is 1. The first-order valence-electron chi connectivity index (χ1n) is 6.57. The van der Waals surface area contributed by atoms with E-state index in [9.17, 15) is 0 Å². The maximum atomic E-state index is 6.22. The molecular formula is C15H16BrClN2O. The molecule has 1 atom stereocenters. The minimum absolute atomic E-state index is 0.131. The van der Waals surface area contributed by atoms with Crippen LogP contribution in [0.3, 0.4) is 0 Å². The van der Waals surface area contributed by atoms with Crippen molar-refractivity contribution in [3.63, 3.8) is 0 Å². The Hall–Kier alpha value is -0.970. The molecule has 1 aromatic heterocycles. The van der Waals surface area contributed by atoms with Crippen molar-refractivity contribution in [1.29, 1.82) is 0 Å². The van der Waals surface area contributed by atoms with Gasteiger partial charge in [0.15, 0.2) is 5.82 Å². The molecule has 20 heavy (non-hydrogen) atoms. The van der Waals surface area contributed by atoms with Crippen LogP contribution in [0.15, 0.2) is 34.8 Å². The summed E-state index contributed by atoms with van der Waals surface area (Å²) in [4.78, 5) is 8.96. The molecule has 0 radical (unpaired) electrons. The number of aromatic nitrogens is 2. The molecule has 1 heterocycles. The predicted octanol–water partition coefficient (Wildman–Crippen LogP) is 5.05. The summed E-state index contributed by atoms with van der Waals surface area (Å²) in [5.74, 6) is 0.626. The third-order valence-corrected chi connectivity index (χ3v) is 4.15. The van der Waals surface area contributed by atoms with Crippen molar-refractivity contribution in [2.45, 2.75) is 26.4 Å². The molecule has 0 bridgehead atoms. The smallest absolute Gasteiger partial charge is 0.159 e. The van der Waals surface area contributed by atoms with E-state index in [0.717, 1.165) is 17.7 Å². The summed E-state index contributed by atoms with van der Waals surface area (Å²) in [5, 5.41) is 0.409. The predicted molar refractivity (Wildman–Crippen MR) is 84.8 cm³/mol. The number of rotatable bonds is 5. The van der Waals surface area contributed by atoms with E-state index in [-0.39, 0.29) is 6.10 Å². The zero-order valence-electron chi connectivity index (χ0n) is 11.4. The van der Waals surface area contributed by atoms with Crippen LogP contribution in [-0.4, -0.2) is 16.6 Å². The summed E-state index contributed by atoms with van der Waals surface area (Å²) in [6.07, 6.45) is 0.674. The van der Waals surface area contributed by atoms with E-state index in [4.69, 9.17) is 16.3 Å². The van der Waals surface area contributed by atoms with Crippen LogP contribution in [0.4, 0.5) is 0 Å². The molecule has 3 nitrogen and oxygen atoms in total. The lowest BCUT2D eigenvalue weighted by Gasteiger charge is -2.16. The first-order chi connectivity index (χ1) is 9.67. The van der Waals surface area contributed by atoms with Crippen LogP contribution >= 0.6 is 27.5 Å². The number of halogens is 2. The van der Waals surface area contributed by atoms with Crippen LogP contribution in [-0.2, 0) is 4.74 Å². The fourth-order valence-corrected chi connectivity index (χ4v) is 2.53. The van der Waals surface area contributed by atoms with Gasteiger partial charge >= 0.3 is 0 Å². The van der Waals surface area contributed by atoms with Crippen LogP contribution in [0.5, 0.6) is 0 Å². The number of hydrogen-bond acceptors (Lipinski definition) is 3. The van der Waals surface area contributed by atoms with Gasteiger partial charge < -0.3 is 4.74 Å². The van der Waals surface area contributed by atoms with Gasteiger partial charge in [-0.2, -0.15) is 0 Å². The lowest BCUT2D eigenvalue weighted by molar-refractivity contribution is 0.0535. The average molecular weight is 356 g/mol. The second-order valence-electron chi connectivity index (χ2n) is 4.25. The Balaban J connectivity index is 2.50. The van der Waals surface area contributed by atoms with Gasteiger partial charge in [0.1, 0.15) is 11.3 Å². The highest BCUT2D eigenvalue weighted by Crippen LogP contribution is 2.33. The Morgan fingerprint density at radius 3 is 2.50 bits per heavy atom. The van der Waals surface area contributed by atoms with Crippen molar-refractivity contribution in [3.05, 3.63) is 45.8 Å². The second kappa shape index (κ2) is 7.16. The van der Waals surface area contributed by atoms with E-state index in [2.05, 4.69) is 25.9 Å². The van der Waals surface area contributed by atoms with Gasteiger partial charge in [-0.25, -0.2) is 9.97 Å². The fraction of sp³-hybridized carbons (Fsp3) is 0.333. The molecule has 0 saturated carbocycles. The largest absolute Gasteiger partial charge is 0.371 e. The van der Waals surface area contributed by atoms with Gasteiger partial charge in [0.05, 0.1) is 10.2 Å². The van der Waals surface area contributed by atoms with Gasteiger partial charge in [-0.05, 0) is 29.3 Å². The Kier molecular flexibility index (Phi) is 5.52. The normalized spacial score (nSPS) is 12.4. The third kappa shape index (κ3) is 3.37. The minimum Gasteiger partial charge on any atom is -0.371 e. The monoisotopic (exact) mass is 354 g/mol. The first kappa shape index (κ1) is 15.4. The van der Waals surface area contributed by atoms with E-state index in [1.165, 1.54) is 0 Å². The summed E-state index contributed by atoms with van der Waals surface area (Å²) < 4.78 is 6.37. The van der Waals surface area contributed by atoms with Gasteiger partial charge in [0, 0.05) is 12.2 Å². The molecule has 0 aliphatic carbocycles. The Morgan fingerprint density at radius 1 is 1.20 bits per heavy atom. The summed E-state index contributed by atoms with van der Waals surface area (Å²) in [5.41, 5.74) is 1.79. The second-order valence-corrected chi connectivity index (χ2v) is 5.40. The Bertz CT molecular complexity index is 578. The Labute approximate surface area is 132 Å². The van der Waals surface area contributed by atoms with E-state index >= 15 is 0 Å². The fourth-order valence-electron chi connectivity index (χ4n) is 1.94. The molecule has 1 aromatic carbocycles. The van der Waals surface area contributed by atoms with Gasteiger partial charge in [0.25, 0.3) is 0 Å². The molecule has 1 unspecified atom stereocenters. The lowest BCUT2D eigenvalue weighted by Crippen LogP contribution is -2.09. The molecule has 2 rings (SSSR count). The summed E-state index contributed by atoms with van der Waals surface area (Å²) in [7, 11) is 0. The molecule has 0 fully saturated rings. The summed E-state index contributed by atoms with van der Waals surface area (Å²) in [6, 6.07) is 9.90. The third-order valence-electron chi connectivity index (χ3n) is 2.90. The number of benzene rings is 1. The first-order valence-corrected chi connectivity index (χ1v) is 7.74. The van der Waals surface area contributed by atoms with Crippen LogP contribution in [0.1, 0.15) is 32.2 Å². The van der Waals surface area contributed by atoms with Crippen LogP contribution < -0.4 is 0 Å². The molecule has 2 aromatic rings. The van der Waals surface area contributed by atoms with Crippen molar-refractivity contribution in [1.82, 2.24) is 9.97 Å². The molecular weight excluding hydrogens is 340 g/mol. The molecule has 5 heteroatoms. The van der Waals surface area contributed by atoms with Crippen LogP contribution in [0.2, 0.25) is 5.15 Å². The zero-order chi connectivity index (χ0) is 14.5. The van der Waals surface area contributed by atoms with E-state index in [0.29, 0.717) is 22.1 Å². The maximum absolute atomic E-state index is 6.22. The van der Waals surface area contributed by atoms with Crippen molar-refractivity contribution < 1.29 is 4.74 Å². The van der Waals surface area contributed by atoms with E-state index in [1.807, 2.05) is 44.2 Å². The van der Waals surface area contributed by atoms with Crippen molar-refractivity contribution in [2.75, 3.05) is 6.61 Å². The molecule has 0 saturated heterocycles. The lowest BCUT2D eigenvalue weighted by atomic mass is 10.1. The highest BCUT2D eigenvalue weighted by Gasteiger charge is 2.18. The highest BCUT2D eigenvalue weighted by molar-refractivity contribution is 9.10. The molecule has 0 aliphatic heterocycles. The molecule has 0 spiro atoms. The topological polar surface area (TPSA) is 35.0 Å². The maximum Gasteiger partial charge on any atom is 0.159 e. The molecule has 106 valence electrons. The molecule has 0 aliphatic rings. The molecule has 0 N–H and O–H groups in total. The zero-order valence-corrected chi connectivity index (χ0v) is 13.8. The van der Waals surface area contributed by atoms with Gasteiger partial charge in [0.2, 0.25) is 0 Å². The van der Waals surface area contributed by atoms with Crippen molar-refractivity contribution in [3.8, 4) is 11.3 Å². The van der Waals surface area contributed by atoms with Crippen LogP contribution in [0, 0.1) is 0 Å². The van der Waals surface area contributed by atoms with Crippen molar-refractivity contribution in [2.24, 2.45) is 0 Å². The SMILES string of the molecule is CCOC(CC)c1nc(Cl)c(Br)c(-c2ccccc2)n1. The average Bonchev–Trinajstić information content (AvgIpc) is 2.48. The van der Waals surface area contributed by atoms with Crippen LogP contribution in [0.25, 0.3) is 11.3 Å². The Morgan fingerprint density at radius 2 is 1.90 bits per heavy atom. The minimum atomic E-state index is -0.131. The summed E-state index contributed by atoms with van der Waals surface area (Å²) >= 11 is 9.68. The summed E-state index contributed by atoms with van der Waals surface area (Å²) in [6.45, 7) is 4.62. The van der Waals surface area contributed by atoms with Gasteiger partial charge in [-0.1, -0.05) is 48.9 Å². The van der Waals surface area contributed by atoms with E-state index < -0.39 is 0 Å². The number of nitrogens with zero attached hydrogens (tertiary/aromatic N) is 2. The van der Waals surface area contributed by atoms with E-state index in [1.54, 1.807) is 0 Å². The number of hydrogen-bond donors (Lipinski definition) is 0.